The van der Waals surface area contributed by atoms with Crippen LogP contribution in [-0.4, -0.2) is 62.5 Å². The molecule has 0 fully saturated rings. The number of methoxy groups -OCH3 is 1. The van der Waals surface area contributed by atoms with Gasteiger partial charge in [-0.05, 0) is 19.1 Å². The molecule has 6 nitrogen and oxygen atoms in total. The molecule has 1 aromatic carbocycles. The lowest BCUT2D eigenvalue weighted by Crippen LogP contribution is -2.42. The number of nitrogen functional groups attached to an aromatic ring is 1. The van der Waals surface area contributed by atoms with Crippen LogP contribution < -0.4 is 5.73 Å². The van der Waals surface area contributed by atoms with Gasteiger partial charge in [0, 0.05) is 33.4 Å². The average Bonchev–Trinajstić information content (AvgIpc) is 2.44. The third kappa shape index (κ3) is 4.75. The molecule has 0 spiro atoms. The lowest BCUT2D eigenvalue weighted by atomic mass is 10.1. The summed E-state index contributed by atoms with van der Waals surface area (Å²) in [6.07, 6.45) is 0. The summed E-state index contributed by atoms with van der Waals surface area (Å²) in [6.45, 7) is 2.59. The quantitative estimate of drug-likeness (QED) is 0.785. The van der Waals surface area contributed by atoms with Gasteiger partial charge in [-0.2, -0.15) is 0 Å². The van der Waals surface area contributed by atoms with Crippen LogP contribution in [0, 0.1) is 6.92 Å². The normalized spacial score (nSPS) is 10.3. The van der Waals surface area contributed by atoms with Crippen LogP contribution in [0.15, 0.2) is 18.2 Å². The summed E-state index contributed by atoms with van der Waals surface area (Å²) < 4.78 is 5.00. The molecule has 0 radical (unpaired) electrons. The highest BCUT2D eigenvalue weighted by Crippen LogP contribution is 2.16. The Kier molecular flexibility index (Phi) is 6.17. The smallest absolute Gasteiger partial charge is 0.256 e. The summed E-state index contributed by atoms with van der Waals surface area (Å²) in [6, 6.07) is 5.28. The Labute approximate surface area is 125 Å². The summed E-state index contributed by atoms with van der Waals surface area (Å²) in [4.78, 5) is 27.4. The Morgan fingerprint density at radius 2 is 1.95 bits per heavy atom. The first-order valence-corrected chi connectivity index (χ1v) is 6.71. The number of benzene rings is 1. The van der Waals surface area contributed by atoms with Gasteiger partial charge < -0.3 is 20.3 Å². The maximum absolute atomic E-state index is 12.6. The van der Waals surface area contributed by atoms with E-state index in [9.17, 15) is 9.59 Å². The molecular formula is C15H23N3O3. The summed E-state index contributed by atoms with van der Waals surface area (Å²) in [5, 5.41) is 0. The van der Waals surface area contributed by atoms with E-state index >= 15 is 0 Å². The van der Waals surface area contributed by atoms with E-state index in [4.69, 9.17) is 10.5 Å². The highest BCUT2D eigenvalue weighted by molar-refractivity contribution is 6.00. The van der Waals surface area contributed by atoms with Crippen LogP contribution in [0.5, 0.6) is 0 Å². The lowest BCUT2D eigenvalue weighted by Gasteiger charge is -2.24. The van der Waals surface area contributed by atoms with Crippen LogP contribution >= 0.6 is 0 Å². The predicted octanol–water partition coefficient (Wildman–Crippen LogP) is 0.754. The van der Waals surface area contributed by atoms with E-state index in [1.54, 1.807) is 33.3 Å². The van der Waals surface area contributed by atoms with Gasteiger partial charge in [-0.3, -0.25) is 9.59 Å². The minimum Gasteiger partial charge on any atom is -0.398 e. The second-order valence-electron chi connectivity index (χ2n) is 5.10. The highest BCUT2D eigenvalue weighted by Gasteiger charge is 2.21. The molecule has 1 rings (SSSR count). The van der Waals surface area contributed by atoms with Crippen molar-refractivity contribution >= 4 is 17.5 Å². The van der Waals surface area contributed by atoms with Gasteiger partial charge in [0.1, 0.15) is 6.54 Å². The standard InChI is InChI=1S/C15H23N3O3/c1-11-5-6-13(16)12(9-11)15(20)18(7-8-21-4)10-14(19)17(2)3/h5-6,9H,7-8,10,16H2,1-4H3. The number of aryl methyl sites for hydroxylation is 1. The van der Waals surface area contributed by atoms with Crippen LogP contribution in [0.2, 0.25) is 0 Å². The van der Waals surface area contributed by atoms with Crippen molar-refractivity contribution in [2.45, 2.75) is 6.92 Å². The van der Waals surface area contributed by atoms with E-state index in [-0.39, 0.29) is 18.4 Å². The Morgan fingerprint density at radius 3 is 2.52 bits per heavy atom. The third-order valence-electron chi connectivity index (χ3n) is 3.12. The van der Waals surface area contributed by atoms with Crippen molar-refractivity contribution in [3.05, 3.63) is 29.3 Å². The molecule has 2 N–H and O–H groups in total. The van der Waals surface area contributed by atoms with Crippen LogP contribution in [0.4, 0.5) is 5.69 Å². The van der Waals surface area contributed by atoms with E-state index in [1.807, 2.05) is 13.0 Å². The molecule has 116 valence electrons. The largest absolute Gasteiger partial charge is 0.398 e. The first kappa shape index (κ1) is 17.0. The number of likely N-dealkylation sites (N-methyl/N-ethyl adjacent to an activating group) is 1. The molecule has 0 aliphatic heterocycles. The predicted molar refractivity (Wildman–Crippen MR) is 82.1 cm³/mol. The molecule has 0 heterocycles. The van der Waals surface area contributed by atoms with Crippen LogP contribution in [-0.2, 0) is 9.53 Å². The molecular weight excluding hydrogens is 270 g/mol. The molecule has 0 saturated carbocycles. The fourth-order valence-electron chi connectivity index (χ4n) is 1.78. The molecule has 0 unspecified atom stereocenters. The zero-order valence-corrected chi connectivity index (χ0v) is 13.0. The molecule has 0 bridgehead atoms. The number of nitrogens with zero attached hydrogens (tertiary/aromatic N) is 2. The van der Waals surface area contributed by atoms with Crippen molar-refractivity contribution in [3.8, 4) is 0 Å². The fourth-order valence-corrected chi connectivity index (χ4v) is 1.78. The van der Waals surface area contributed by atoms with E-state index in [2.05, 4.69) is 0 Å². The third-order valence-corrected chi connectivity index (χ3v) is 3.12. The van der Waals surface area contributed by atoms with E-state index in [0.29, 0.717) is 24.4 Å². The van der Waals surface area contributed by atoms with Crippen LogP contribution in [0.3, 0.4) is 0 Å². The molecule has 0 aliphatic rings. The van der Waals surface area contributed by atoms with Gasteiger partial charge in [-0.1, -0.05) is 11.6 Å². The zero-order valence-electron chi connectivity index (χ0n) is 13.0. The molecule has 6 heteroatoms. The van der Waals surface area contributed by atoms with Gasteiger partial charge in [0.2, 0.25) is 5.91 Å². The highest BCUT2D eigenvalue weighted by atomic mass is 16.5. The van der Waals surface area contributed by atoms with Gasteiger partial charge >= 0.3 is 0 Å². The number of rotatable bonds is 6. The van der Waals surface area contributed by atoms with Crippen LogP contribution in [0.1, 0.15) is 15.9 Å². The molecule has 0 atom stereocenters. The Bertz CT molecular complexity index is 515. The topological polar surface area (TPSA) is 75.9 Å². The number of hydrogen-bond acceptors (Lipinski definition) is 4. The van der Waals surface area contributed by atoms with E-state index in [1.165, 1.54) is 9.80 Å². The molecule has 0 aliphatic carbocycles. The Hall–Kier alpha value is -2.08. The maximum atomic E-state index is 12.6. The summed E-state index contributed by atoms with van der Waals surface area (Å²) in [5.74, 6) is -0.408. The van der Waals surface area contributed by atoms with E-state index < -0.39 is 0 Å². The van der Waals surface area contributed by atoms with Crippen molar-refractivity contribution < 1.29 is 14.3 Å². The van der Waals surface area contributed by atoms with Crippen LogP contribution in [0.25, 0.3) is 0 Å². The number of carbonyl (C=O) groups is 2. The van der Waals surface area contributed by atoms with Gasteiger partial charge in [0.25, 0.3) is 5.91 Å². The molecule has 21 heavy (non-hydrogen) atoms. The van der Waals surface area contributed by atoms with Crippen molar-refractivity contribution in [1.82, 2.24) is 9.80 Å². The first-order chi connectivity index (χ1) is 9.86. The number of nitrogens with two attached hydrogens (primary N) is 1. The van der Waals surface area contributed by atoms with Gasteiger partial charge in [-0.25, -0.2) is 0 Å². The van der Waals surface area contributed by atoms with Gasteiger partial charge in [0.15, 0.2) is 0 Å². The molecule has 0 saturated heterocycles. The number of carbonyl (C=O) groups excluding carboxylic acids is 2. The molecule has 1 aromatic rings. The zero-order chi connectivity index (χ0) is 16.0. The van der Waals surface area contributed by atoms with Gasteiger partial charge in [-0.15, -0.1) is 0 Å². The number of ether oxygens (including phenoxy) is 1. The van der Waals surface area contributed by atoms with Crippen molar-refractivity contribution in [1.29, 1.82) is 0 Å². The molecule has 2 amide bonds. The summed E-state index contributed by atoms with van der Waals surface area (Å²) >= 11 is 0. The Balaban J connectivity index is 2.98. The summed E-state index contributed by atoms with van der Waals surface area (Å²) in [5.41, 5.74) is 7.64. The van der Waals surface area contributed by atoms with Crippen molar-refractivity contribution in [2.24, 2.45) is 0 Å². The lowest BCUT2D eigenvalue weighted by molar-refractivity contribution is -0.129. The number of amides is 2. The minimum atomic E-state index is -0.261. The van der Waals surface area contributed by atoms with Crippen molar-refractivity contribution in [2.75, 3.05) is 46.6 Å². The average molecular weight is 293 g/mol. The van der Waals surface area contributed by atoms with Gasteiger partial charge in [0.05, 0.1) is 12.2 Å². The number of hydrogen-bond donors (Lipinski definition) is 1. The Morgan fingerprint density at radius 1 is 1.29 bits per heavy atom. The summed E-state index contributed by atoms with van der Waals surface area (Å²) in [7, 11) is 4.86. The SMILES string of the molecule is COCCN(CC(=O)N(C)C)C(=O)c1cc(C)ccc1N. The number of anilines is 1. The monoisotopic (exact) mass is 293 g/mol. The maximum Gasteiger partial charge on any atom is 0.256 e. The second kappa shape index (κ2) is 7.64. The van der Waals surface area contributed by atoms with E-state index in [0.717, 1.165) is 5.56 Å². The van der Waals surface area contributed by atoms with Crippen molar-refractivity contribution in [3.63, 3.8) is 0 Å². The second-order valence-corrected chi connectivity index (χ2v) is 5.10. The minimum absolute atomic E-state index is 0.00255. The first-order valence-electron chi connectivity index (χ1n) is 6.71. The molecule has 0 aromatic heterocycles. The fraction of sp³-hybridized carbons (Fsp3) is 0.467.